The van der Waals surface area contributed by atoms with Gasteiger partial charge in [0.2, 0.25) is 26.0 Å². The highest BCUT2D eigenvalue weighted by Crippen LogP contribution is 2.22. The number of amides is 1. The second-order valence-corrected chi connectivity index (χ2v) is 11.5. The number of hydrogen-bond acceptors (Lipinski definition) is 7. The third-order valence-corrected chi connectivity index (χ3v) is 7.72. The van der Waals surface area contributed by atoms with Gasteiger partial charge in [-0.2, -0.15) is 4.31 Å². The van der Waals surface area contributed by atoms with Crippen LogP contribution in [0, 0.1) is 0 Å². The molecule has 0 aliphatic carbocycles. The van der Waals surface area contributed by atoms with Crippen molar-refractivity contribution in [1.29, 1.82) is 0 Å². The summed E-state index contributed by atoms with van der Waals surface area (Å²) in [5, 5.41) is 2.59. The van der Waals surface area contributed by atoms with Crippen molar-refractivity contribution >= 4 is 37.5 Å². The van der Waals surface area contributed by atoms with Crippen LogP contribution < -0.4 is 9.62 Å². The number of aromatic nitrogens is 1. The molecular weight excluding hydrogens is 456 g/mol. The number of pyridine rings is 1. The van der Waals surface area contributed by atoms with Gasteiger partial charge in [0.05, 0.1) is 23.4 Å². The maximum Gasteiger partial charge on any atom is 0.245 e. The highest BCUT2D eigenvalue weighted by molar-refractivity contribution is 7.92. The van der Waals surface area contributed by atoms with Gasteiger partial charge in [-0.1, -0.05) is 6.07 Å². The summed E-state index contributed by atoms with van der Waals surface area (Å²) in [5.41, 5.74) is 0.340. The van der Waals surface area contributed by atoms with Gasteiger partial charge in [0.15, 0.2) is 0 Å². The predicted octanol–water partition coefficient (Wildman–Crippen LogP) is 1.28. The monoisotopic (exact) mass is 482 g/mol. The number of nitrogens with zero attached hydrogens (tertiary/aromatic N) is 3. The van der Waals surface area contributed by atoms with E-state index >= 15 is 0 Å². The van der Waals surface area contributed by atoms with Crippen molar-refractivity contribution in [3.8, 4) is 0 Å². The lowest BCUT2D eigenvalue weighted by molar-refractivity contribution is -0.114. The van der Waals surface area contributed by atoms with Crippen molar-refractivity contribution in [2.24, 2.45) is 0 Å². The van der Waals surface area contributed by atoms with Crippen LogP contribution in [0.4, 0.5) is 11.5 Å². The Morgan fingerprint density at radius 2 is 1.72 bits per heavy atom. The molecule has 1 aromatic heterocycles. The standard InChI is InChI=1S/C20H26N4O6S2/c1-15-12-23(13-16(2)30-15)32(28,29)18-9-7-17(8-10-18)22-20(25)14-24(31(3,26)27)19-6-4-5-11-21-19/h4-11,15-16H,12-14H2,1-3H3,(H,22,25)/t15-,16-/m1/s1. The van der Waals surface area contributed by atoms with Gasteiger partial charge in [0, 0.05) is 25.0 Å². The molecule has 1 fully saturated rings. The molecule has 1 amide bonds. The maximum atomic E-state index is 12.9. The summed E-state index contributed by atoms with van der Waals surface area (Å²) in [7, 11) is -7.44. The topological polar surface area (TPSA) is 126 Å². The van der Waals surface area contributed by atoms with Crippen LogP contribution in [0.2, 0.25) is 0 Å². The summed E-state index contributed by atoms with van der Waals surface area (Å²) in [6, 6.07) is 10.5. The van der Waals surface area contributed by atoms with E-state index in [0.29, 0.717) is 5.69 Å². The first-order valence-electron chi connectivity index (χ1n) is 9.91. The number of benzene rings is 1. The number of morpholine rings is 1. The Morgan fingerprint density at radius 3 is 2.25 bits per heavy atom. The minimum Gasteiger partial charge on any atom is -0.373 e. The Labute approximate surface area is 188 Å². The zero-order chi connectivity index (χ0) is 23.5. The van der Waals surface area contributed by atoms with Crippen LogP contribution in [0.1, 0.15) is 13.8 Å². The molecule has 0 radical (unpaired) electrons. The number of anilines is 2. The van der Waals surface area contributed by atoms with Crippen LogP contribution in [0.25, 0.3) is 0 Å². The van der Waals surface area contributed by atoms with E-state index in [1.54, 1.807) is 12.1 Å². The van der Waals surface area contributed by atoms with E-state index in [1.807, 2.05) is 13.8 Å². The van der Waals surface area contributed by atoms with E-state index in [1.165, 1.54) is 40.8 Å². The van der Waals surface area contributed by atoms with Gasteiger partial charge in [-0.3, -0.25) is 4.79 Å². The number of hydrogen-bond donors (Lipinski definition) is 1. The van der Waals surface area contributed by atoms with Crippen LogP contribution in [-0.2, 0) is 29.6 Å². The second-order valence-electron chi connectivity index (χ2n) is 7.61. The summed E-state index contributed by atoms with van der Waals surface area (Å²) in [4.78, 5) is 16.5. The van der Waals surface area contributed by atoms with Crippen molar-refractivity contribution in [3.63, 3.8) is 0 Å². The van der Waals surface area contributed by atoms with Crippen molar-refractivity contribution < 1.29 is 26.4 Å². The van der Waals surface area contributed by atoms with E-state index in [2.05, 4.69) is 10.3 Å². The number of carbonyl (C=O) groups excluding carboxylic acids is 1. The third-order valence-electron chi connectivity index (χ3n) is 4.75. The Morgan fingerprint density at radius 1 is 1.09 bits per heavy atom. The first kappa shape index (κ1) is 24.1. The molecular formula is C20H26N4O6S2. The van der Waals surface area contributed by atoms with Crippen molar-refractivity contribution in [3.05, 3.63) is 48.7 Å². The molecule has 1 aromatic carbocycles. The average Bonchev–Trinajstić information content (AvgIpc) is 2.71. The van der Waals surface area contributed by atoms with E-state index in [0.717, 1.165) is 10.6 Å². The maximum absolute atomic E-state index is 12.9. The van der Waals surface area contributed by atoms with Crippen molar-refractivity contribution in [1.82, 2.24) is 9.29 Å². The molecule has 3 rings (SSSR count). The lowest BCUT2D eigenvalue weighted by atomic mass is 10.3. The smallest absolute Gasteiger partial charge is 0.245 e. The van der Waals surface area contributed by atoms with Crippen LogP contribution in [0.15, 0.2) is 53.6 Å². The van der Waals surface area contributed by atoms with E-state index in [4.69, 9.17) is 4.74 Å². The fourth-order valence-electron chi connectivity index (χ4n) is 3.39. The van der Waals surface area contributed by atoms with Crippen LogP contribution in [-0.4, -0.2) is 70.1 Å². The van der Waals surface area contributed by atoms with E-state index in [-0.39, 0.29) is 36.0 Å². The molecule has 2 heterocycles. The normalized spacial score (nSPS) is 20.0. The number of ether oxygens (including phenoxy) is 1. The molecule has 32 heavy (non-hydrogen) atoms. The van der Waals surface area contributed by atoms with Crippen LogP contribution >= 0.6 is 0 Å². The molecule has 1 saturated heterocycles. The summed E-state index contributed by atoms with van der Waals surface area (Å²) in [6.45, 7) is 3.70. The van der Waals surface area contributed by atoms with Gasteiger partial charge in [0.1, 0.15) is 12.4 Å². The van der Waals surface area contributed by atoms with Crippen LogP contribution in [0.3, 0.4) is 0 Å². The molecule has 1 aliphatic heterocycles. The zero-order valence-electron chi connectivity index (χ0n) is 18.0. The first-order valence-corrected chi connectivity index (χ1v) is 13.2. The minimum absolute atomic E-state index is 0.100. The Balaban J connectivity index is 1.70. The SMILES string of the molecule is C[C@@H]1CN(S(=O)(=O)c2ccc(NC(=O)CN(c3ccccn3)S(C)(=O)=O)cc2)C[C@@H](C)O1. The van der Waals surface area contributed by atoms with Gasteiger partial charge in [-0.05, 0) is 50.2 Å². The Hall–Kier alpha value is -2.54. The van der Waals surface area contributed by atoms with Gasteiger partial charge in [-0.25, -0.2) is 26.1 Å². The van der Waals surface area contributed by atoms with E-state index in [9.17, 15) is 21.6 Å². The molecule has 0 bridgehead atoms. The lowest BCUT2D eigenvalue weighted by Gasteiger charge is -2.34. The highest BCUT2D eigenvalue weighted by Gasteiger charge is 2.32. The zero-order valence-corrected chi connectivity index (χ0v) is 19.6. The molecule has 2 aromatic rings. The average molecular weight is 483 g/mol. The lowest BCUT2D eigenvalue weighted by Crippen LogP contribution is -2.48. The molecule has 1 N–H and O–H groups in total. The summed E-state index contributed by atoms with van der Waals surface area (Å²) >= 11 is 0. The molecule has 0 spiro atoms. The molecule has 1 aliphatic rings. The Kier molecular flexibility index (Phi) is 7.18. The van der Waals surface area contributed by atoms with Crippen molar-refractivity contribution in [2.75, 3.05) is 35.5 Å². The second kappa shape index (κ2) is 9.53. The minimum atomic E-state index is -3.74. The fourth-order valence-corrected chi connectivity index (χ4v) is 5.78. The van der Waals surface area contributed by atoms with Gasteiger partial charge >= 0.3 is 0 Å². The molecule has 12 heteroatoms. The quantitative estimate of drug-likeness (QED) is 0.630. The van der Waals surface area contributed by atoms with E-state index < -0.39 is 32.5 Å². The van der Waals surface area contributed by atoms with Crippen LogP contribution in [0.5, 0.6) is 0 Å². The summed E-state index contributed by atoms with van der Waals surface area (Å²) < 4.78 is 57.9. The molecule has 0 saturated carbocycles. The number of sulfonamides is 2. The molecule has 10 nitrogen and oxygen atoms in total. The number of nitrogens with one attached hydrogen (secondary N) is 1. The van der Waals surface area contributed by atoms with Gasteiger partial charge in [0.25, 0.3) is 0 Å². The summed E-state index contributed by atoms with van der Waals surface area (Å²) in [5.74, 6) is -0.465. The predicted molar refractivity (Wildman–Crippen MR) is 120 cm³/mol. The molecule has 174 valence electrons. The fraction of sp³-hybridized carbons (Fsp3) is 0.400. The summed E-state index contributed by atoms with van der Waals surface area (Å²) in [6.07, 6.45) is 2.01. The largest absolute Gasteiger partial charge is 0.373 e. The first-order chi connectivity index (χ1) is 15.0. The molecule has 0 unspecified atom stereocenters. The number of carbonyl (C=O) groups is 1. The third kappa shape index (κ3) is 5.82. The van der Waals surface area contributed by atoms with Crippen molar-refractivity contribution in [2.45, 2.75) is 31.0 Å². The molecule has 2 atom stereocenters. The van der Waals surface area contributed by atoms with Gasteiger partial charge < -0.3 is 10.1 Å². The Bertz CT molecular complexity index is 1140. The number of rotatable bonds is 7. The van der Waals surface area contributed by atoms with Gasteiger partial charge in [-0.15, -0.1) is 0 Å². The highest BCUT2D eigenvalue weighted by atomic mass is 32.2.